The summed E-state index contributed by atoms with van der Waals surface area (Å²) in [5.74, 6) is -0.782. The Morgan fingerprint density at radius 3 is 2.16 bits per heavy atom. The molecule has 0 saturated carbocycles. The van der Waals surface area contributed by atoms with E-state index in [4.69, 9.17) is 0 Å². The van der Waals surface area contributed by atoms with E-state index in [-0.39, 0.29) is 17.3 Å². The van der Waals surface area contributed by atoms with Crippen molar-refractivity contribution in [3.8, 4) is 0 Å². The van der Waals surface area contributed by atoms with Crippen LogP contribution < -0.4 is 9.62 Å². The number of likely N-dealkylation sites (N-methyl/N-ethyl adjacent to an activating group) is 1. The van der Waals surface area contributed by atoms with Crippen molar-refractivity contribution in [3.63, 3.8) is 0 Å². The highest BCUT2D eigenvalue weighted by Gasteiger charge is 2.33. The van der Waals surface area contributed by atoms with Crippen LogP contribution in [0.2, 0.25) is 0 Å². The fourth-order valence-electron chi connectivity index (χ4n) is 4.07. The summed E-state index contributed by atoms with van der Waals surface area (Å²) in [6, 6.07) is 20.2. The lowest BCUT2D eigenvalue weighted by molar-refractivity contribution is -0.140. The molecule has 0 fully saturated rings. The molecule has 0 radical (unpaired) electrons. The van der Waals surface area contributed by atoms with Gasteiger partial charge in [-0.15, -0.1) is 0 Å². The molecule has 1 atom stereocenters. The third-order valence-electron chi connectivity index (χ3n) is 6.07. The average molecular weight is 587 g/mol. The molecule has 0 aliphatic heterocycles. The van der Waals surface area contributed by atoms with Crippen molar-refractivity contribution in [1.82, 2.24) is 10.2 Å². The SMILES string of the molecule is CC[C@H](C(=O)NC)N(Cc1cccc(C)c1)C(=O)CN(c1ccc(Br)cc1)S(=O)(=O)c1ccc(C)cc1. The first-order valence-corrected chi connectivity index (χ1v) is 14.2. The summed E-state index contributed by atoms with van der Waals surface area (Å²) < 4.78 is 29.5. The highest BCUT2D eigenvalue weighted by Crippen LogP contribution is 2.26. The molecule has 0 saturated heterocycles. The molecule has 2 amide bonds. The van der Waals surface area contributed by atoms with Crippen molar-refractivity contribution in [2.24, 2.45) is 0 Å². The van der Waals surface area contributed by atoms with Gasteiger partial charge in [-0.25, -0.2) is 8.42 Å². The van der Waals surface area contributed by atoms with Crippen molar-refractivity contribution < 1.29 is 18.0 Å². The van der Waals surface area contributed by atoms with E-state index < -0.39 is 28.5 Å². The number of hydrogen-bond donors (Lipinski definition) is 1. The Hall–Kier alpha value is -3.17. The lowest BCUT2D eigenvalue weighted by Gasteiger charge is -2.33. The van der Waals surface area contributed by atoms with E-state index in [1.54, 1.807) is 36.4 Å². The zero-order valence-corrected chi connectivity index (χ0v) is 23.8. The molecule has 3 aromatic rings. The van der Waals surface area contributed by atoms with Gasteiger partial charge in [0.05, 0.1) is 10.6 Å². The van der Waals surface area contributed by atoms with Crippen molar-refractivity contribution in [2.45, 2.75) is 44.7 Å². The lowest BCUT2D eigenvalue weighted by atomic mass is 10.1. The minimum Gasteiger partial charge on any atom is -0.357 e. The van der Waals surface area contributed by atoms with Gasteiger partial charge in [0, 0.05) is 18.1 Å². The number of halogens is 1. The van der Waals surface area contributed by atoms with Crippen LogP contribution in [-0.4, -0.2) is 44.8 Å². The third-order valence-corrected chi connectivity index (χ3v) is 8.39. The van der Waals surface area contributed by atoms with Gasteiger partial charge in [0.15, 0.2) is 0 Å². The van der Waals surface area contributed by atoms with Gasteiger partial charge in [0.1, 0.15) is 12.6 Å². The minimum absolute atomic E-state index is 0.0809. The van der Waals surface area contributed by atoms with Crippen LogP contribution in [0.25, 0.3) is 0 Å². The number of carbonyl (C=O) groups excluding carboxylic acids is 2. The molecule has 7 nitrogen and oxygen atoms in total. The smallest absolute Gasteiger partial charge is 0.264 e. The van der Waals surface area contributed by atoms with Gasteiger partial charge < -0.3 is 10.2 Å². The van der Waals surface area contributed by atoms with E-state index in [9.17, 15) is 18.0 Å². The molecule has 0 spiro atoms. The van der Waals surface area contributed by atoms with Crippen LogP contribution in [-0.2, 0) is 26.2 Å². The number of aryl methyl sites for hydroxylation is 2. The van der Waals surface area contributed by atoms with Gasteiger partial charge in [-0.05, 0) is 62.2 Å². The summed E-state index contributed by atoms with van der Waals surface area (Å²) in [6.07, 6.45) is 0.375. The number of nitrogens with zero attached hydrogens (tertiary/aromatic N) is 2. The van der Waals surface area contributed by atoms with E-state index in [0.29, 0.717) is 12.1 Å². The Bertz CT molecular complexity index is 1340. The molecule has 3 aromatic carbocycles. The molecule has 9 heteroatoms. The Balaban J connectivity index is 2.05. The van der Waals surface area contributed by atoms with Crippen LogP contribution in [0.1, 0.15) is 30.0 Å². The van der Waals surface area contributed by atoms with Gasteiger partial charge >= 0.3 is 0 Å². The lowest BCUT2D eigenvalue weighted by Crippen LogP contribution is -2.51. The van der Waals surface area contributed by atoms with E-state index in [0.717, 1.165) is 25.5 Å². The molecule has 0 aliphatic carbocycles. The van der Waals surface area contributed by atoms with E-state index in [1.165, 1.54) is 24.1 Å². The molecule has 0 unspecified atom stereocenters. The van der Waals surface area contributed by atoms with Crippen LogP contribution in [0.15, 0.2) is 82.2 Å². The number of hydrogen-bond acceptors (Lipinski definition) is 4. The first-order valence-electron chi connectivity index (χ1n) is 12.0. The van der Waals surface area contributed by atoms with Gasteiger partial charge in [0.2, 0.25) is 11.8 Å². The maximum Gasteiger partial charge on any atom is 0.264 e. The molecule has 37 heavy (non-hydrogen) atoms. The molecular formula is C28H32BrN3O4S. The van der Waals surface area contributed by atoms with Gasteiger partial charge in [-0.2, -0.15) is 0 Å². The van der Waals surface area contributed by atoms with Crippen molar-refractivity contribution in [1.29, 1.82) is 0 Å². The molecule has 0 aromatic heterocycles. The average Bonchev–Trinajstić information content (AvgIpc) is 2.87. The van der Waals surface area contributed by atoms with Gasteiger partial charge in [-0.3, -0.25) is 13.9 Å². The highest BCUT2D eigenvalue weighted by molar-refractivity contribution is 9.10. The molecule has 196 valence electrons. The fraction of sp³-hybridized carbons (Fsp3) is 0.286. The second-order valence-corrected chi connectivity index (χ2v) is 11.6. The quantitative estimate of drug-likeness (QED) is 0.370. The number of sulfonamides is 1. The Labute approximate surface area is 227 Å². The molecular weight excluding hydrogens is 554 g/mol. The molecule has 1 N–H and O–H groups in total. The largest absolute Gasteiger partial charge is 0.357 e. The second kappa shape index (κ2) is 12.4. The monoisotopic (exact) mass is 585 g/mol. The summed E-state index contributed by atoms with van der Waals surface area (Å²) in [5, 5.41) is 2.63. The standard InChI is InChI=1S/C28H32BrN3O4S/c1-5-26(28(34)30-4)31(18-22-8-6-7-21(3)17-22)27(33)19-32(24-13-11-23(29)12-14-24)37(35,36)25-15-9-20(2)10-16-25/h6-17,26H,5,18-19H2,1-4H3,(H,30,34)/t26-/m1/s1. The molecule has 0 bridgehead atoms. The summed E-state index contributed by atoms with van der Waals surface area (Å²) >= 11 is 3.38. The van der Waals surface area contributed by atoms with Crippen molar-refractivity contribution in [3.05, 3.63) is 94.0 Å². The predicted octanol–water partition coefficient (Wildman–Crippen LogP) is 4.81. The maximum absolute atomic E-state index is 13.9. The van der Waals surface area contributed by atoms with Crippen molar-refractivity contribution in [2.75, 3.05) is 17.9 Å². The number of nitrogens with one attached hydrogen (secondary N) is 1. The van der Waals surface area contributed by atoms with Crippen LogP contribution in [0.3, 0.4) is 0 Å². The summed E-state index contributed by atoms with van der Waals surface area (Å²) in [7, 11) is -2.56. The Morgan fingerprint density at radius 2 is 1.59 bits per heavy atom. The minimum atomic E-state index is -4.08. The molecule has 0 aliphatic rings. The Morgan fingerprint density at radius 1 is 0.946 bits per heavy atom. The van der Waals surface area contributed by atoms with E-state index in [1.807, 2.05) is 45.0 Å². The molecule has 0 heterocycles. The zero-order chi connectivity index (χ0) is 27.2. The second-order valence-electron chi connectivity index (χ2n) is 8.85. The predicted molar refractivity (Wildman–Crippen MR) is 150 cm³/mol. The van der Waals surface area contributed by atoms with Crippen molar-refractivity contribution >= 4 is 43.5 Å². The van der Waals surface area contributed by atoms with E-state index in [2.05, 4.69) is 21.2 Å². The number of rotatable bonds is 10. The van der Waals surface area contributed by atoms with Gasteiger partial charge in [-0.1, -0.05) is 70.4 Å². The topological polar surface area (TPSA) is 86.8 Å². The normalized spacial score (nSPS) is 12.0. The van der Waals surface area contributed by atoms with Crippen LogP contribution >= 0.6 is 15.9 Å². The Kier molecular flexibility index (Phi) is 9.50. The van der Waals surface area contributed by atoms with E-state index >= 15 is 0 Å². The van der Waals surface area contributed by atoms with Crippen LogP contribution in [0.5, 0.6) is 0 Å². The highest BCUT2D eigenvalue weighted by atomic mass is 79.9. The number of amides is 2. The van der Waals surface area contributed by atoms with Crippen LogP contribution in [0.4, 0.5) is 5.69 Å². The zero-order valence-electron chi connectivity index (χ0n) is 21.4. The number of benzene rings is 3. The maximum atomic E-state index is 13.9. The fourth-order valence-corrected chi connectivity index (χ4v) is 5.75. The first kappa shape index (κ1) is 28.4. The van der Waals surface area contributed by atoms with Crippen LogP contribution in [0, 0.1) is 13.8 Å². The molecule has 3 rings (SSSR count). The summed E-state index contributed by atoms with van der Waals surface area (Å²) in [5.41, 5.74) is 3.15. The first-order chi connectivity index (χ1) is 17.6. The third kappa shape index (κ3) is 6.99. The number of anilines is 1. The summed E-state index contributed by atoms with van der Waals surface area (Å²) in [6.45, 7) is 5.36. The number of carbonyl (C=O) groups is 2. The van der Waals surface area contributed by atoms with Gasteiger partial charge in [0.25, 0.3) is 10.0 Å². The summed E-state index contributed by atoms with van der Waals surface area (Å²) in [4.78, 5) is 28.2.